The molecule has 0 amide bonds. The molecule has 0 unspecified atom stereocenters. The first-order chi connectivity index (χ1) is 11.0. The van der Waals surface area contributed by atoms with Crippen molar-refractivity contribution in [1.29, 1.82) is 0 Å². The van der Waals surface area contributed by atoms with Crippen LogP contribution in [0.15, 0.2) is 87.3 Å². The van der Waals surface area contributed by atoms with Crippen LogP contribution in [0.1, 0.15) is 45.1 Å². The summed E-state index contributed by atoms with van der Waals surface area (Å²) in [5.74, 6) is -0.333. The van der Waals surface area contributed by atoms with E-state index in [4.69, 9.17) is 0 Å². The summed E-state index contributed by atoms with van der Waals surface area (Å²) in [6, 6.07) is 10.0. The highest BCUT2D eigenvalue weighted by atomic mass is 19.1. The van der Waals surface area contributed by atoms with E-state index >= 15 is 0 Å². The maximum Gasteiger partial charge on any atom is 0.0897 e. The SMILES string of the molecule is C=C(C)F.C=CC.C=CCCCCC=C.C=Cc1ccccc1. The van der Waals surface area contributed by atoms with Gasteiger partial charge in [-0.1, -0.05) is 67.8 Å². The summed E-state index contributed by atoms with van der Waals surface area (Å²) in [4.78, 5) is 0. The van der Waals surface area contributed by atoms with Crippen LogP contribution < -0.4 is 0 Å². The first-order valence-electron chi connectivity index (χ1n) is 7.77. The predicted molar refractivity (Wildman–Crippen MR) is 107 cm³/mol. The topological polar surface area (TPSA) is 0 Å². The van der Waals surface area contributed by atoms with Crippen molar-refractivity contribution in [2.45, 2.75) is 39.5 Å². The summed E-state index contributed by atoms with van der Waals surface area (Å²) >= 11 is 0. The second kappa shape index (κ2) is 24.8. The predicted octanol–water partition coefficient (Wildman–Crippen LogP) is 7.93. The van der Waals surface area contributed by atoms with Crippen LogP contribution in [-0.4, -0.2) is 0 Å². The van der Waals surface area contributed by atoms with Crippen LogP contribution in [0.5, 0.6) is 0 Å². The molecule has 0 aliphatic carbocycles. The number of hydrogen-bond donors (Lipinski definition) is 0. The monoisotopic (exact) mass is 316 g/mol. The standard InChI is InChI=1S/C8H8.C8H14.C3H5F.C3H6/c1-2-8-6-4-3-5-7-8;1-3-5-7-8-6-4-2;1-3(2)4;1-3-2/h2-7H,1H2;3-4H,1-2,5-8H2;1H2,2H3;3H,1H2,2H3. The summed E-state index contributed by atoms with van der Waals surface area (Å²) in [7, 11) is 0. The van der Waals surface area contributed by atoms with Gasteiger partial charge >= 0.3 is 0 Å². The lowest BCUT2D eigenvalue weighted by atomic mass is 10.2. The molecule has 0 heterocycles. The Bertz CT molecular complexity index is 387. The highest BCUT2D eigenvalue weighted by molar-refractivity contribution is 5.45. The highest BCUT2D eigenvalue weighted by Crippen LogP contribution is 1.99. The Morgan fingerprint density at radius 3 is 1.52 bits per heavy atom. The summed E-state index contributed by atoms with van der Waals surface area (Å²) in [6.07, 6.45) is 12.3. The van der Waals surface area contributed by atoms with Gasteiger partial charge in [-0.15, -0.1) is 19.7 Å². The normalized spacial score (nSPS) is 7.61. The second-order valence-electron chi connectivity index (χ2n) is 4.56. The second-order valence-corrected chi connectivity index (χ2v) is 4.56. The van der Waals surface area contributed by atoms with Gasteiger partial charge in [-0.2, -0.15) is 0 Å². The molecule has 0 fully saturated rings. The van der Waals surface area contributed by atoms with E-state index in [0.29, 0.717) is 0 Å². The van der Waals surface area contributed by atoms with Gasteiger partial charge in [-0.25, -0.2) is 4.39 Å². The molecule has 23 heavy (non-hydrogen) atoms. The van der Waals surface area contributed by atoms with Crippen LogP contribution in [0.25, 0.3) is 6.08 Å². The maximum absolute atomic E-state index is 10.8. The van der Waals surface area contributed by atoms with Gasteiger partial charge in [0.15, 0.2) is 0 Å². The fourth-order valence-electron chi connectivity index (χ4n) is 1.17. The molecule has 0 saturated heterocycles. The van der Waals surface area contributed by atoms with E-state index in [1.165, 1.54) is 25.3 Å². The van der Waals surface area contributed by atoms with Gasteiger partial charge in [0.1, 0.15) is 0 Å². The lowest BCUT2D eigenvalue weighted by Gasteiger charge is -1.89. The molecular weight excluding hydrogens is 283 g/mol. The molecule has 1 heteroatoms. The third kappa shape index (κ3) is 38.3. The highest BCUT2D eigenvalue weighted by Gasteiger charge is 1.79. The number of halogens is 1. The van der Waals surface area contributed by atoms with Crippen molar-refractivity contribution in [3.63, 3.8) is 0 Å². The Labute approximate surface area is 143 Å². The lowest BCUT2D eigenvalue weighted by Crippen LogP contribution is -1.69. The first-order valence-corrected chi connectivity index (χ1v) is 7.77. The van der Waals surface area contributed by atoms with Crippen LogP contribution in [-0.2, 0) is 0 Å². The molecule has 0 spiro atoms. The van der Waals surface area contributed by atoms with E-state index in [1.54, 1.807) is 6.08 Å². The Morgan fingerprint density at radius 2 is 1.30 bits per heavy atom. The minimum Gasteiger partial charge on any atom is -0.213 e. The lowest BCUT2D eigenvalue weighted by molar-refractivity contribution is 0.645. The van der Waals surface area contributed by atoms with Gasteiger partial charge in [0.05, 0.1) is 5.83 Å². The minimum atomic E-state index is -0.333. The number of hydrogen-bond acceptors (Lipinski definition) is 0. The summed E-state index contributed by atoms with van der Waals surface area (Å²) in [5, 5.41) is 0. The number of unbranched alkanes of at least 4 members (excludes halogenated alkanes) is 3. The number of benzene rings is 1. The fraction of sp³-hybridized carbons (Fsp3) is 0.273. The smallest absolute Gasteiger partial charge is 0.0897 e. The fourth-order valence-corrected chi connectivity index (χ4v) is 1.17. The molecule has 0 radical (unpaired) electrons. The van der Waals surface area contributed by atoms with Gasteiger partial charge in [0.25, 0.3) is 0 Å². The van der Waals surface area contributed by atoms with E-state index in [-0.39, 0.29) is 5.83 Å². The Kier molecular flexibility index (Phi) is 27.8. The molecule has 1 aromatic carbocycles. The van der Waals surface area contributed by atoms with Gasteiger partial charge in [0.2, 0.25) is 0 Å². The third-order valence-electron chi connectivity index (χ3n) is 2.10. The number of allylic oxidation sites excluding steroid dienone is 4. The zero-order chi connectivity index (χ0) is 18.3. The molecule has 0 atom stereocenters. The summed E-state index contributed by atoms with van der Waals surface area (Å²) < 4.78 is 10.8. The van der Waals surface area contributed by atoms with Crippen LogP contribution in [0.2, 0.25) is 0 Å². The van der Waals surface area contributed by atoms with E-state index in [0.717, 1.165) is 12.8 Å². The molecular formula is C22H33F. The molecule has 128 valence electrons. The van der Waals surface area contributed by atoms with Crippen molar-refractivity contribution in [3.05, 3.63) is 92.8 Å². The zero-order valence-electron chi connectivity index (χ0n) is 14.9. The average Bonchev–Trinajstić information content (AvgIpc) is 2.53. The molecule has 0 bridgehead atoms. The van der Waals surface area contributed by atoms with Crippen molar-refractivity contribution in [2.24, 2.45) is 0 Å². The van der Waals surface area contributed by atoms with Crippen molar-refractivity contribution in [3.8, 4) is 0 Å². The Balaban J connectivity index is -0.000000252. The van der Waals surface area contributed by atoms with E-state index in [9.17, 15) is 4.39 Å². The third-order valence-corrected chi connectivity index (χ3v) is 2.10. The summed E-state index contributed by atoms with van der Waals surface area (Å²) in [6.45, 7) is 20.3. The van der Waals surface area contributed by atoms with Gasteiger partial charge in [0, 0.05) is 0 Å². The maximum atomic E-state index is 10.8. The molecule has 0 nitrogen and oxygen atoms in total. The van der Waals surface area contributed by atoms with Gasteiger partial charge < -0.3 is 0 Å². The van der Waals surface area contributed by atoms with Crippen molar-refractivity contribution < 1.29 is 4.39 Å². The minimum absolute atomic E-state index is 0.333. The Hall–Kier alpha value is -2.15. The van der Waals surface area contributed by atoms with Crippen molar-refractivity contribution in [2.75, 3.05) is 0 Å². The van der Waals surface area contributed by atoms with Crippen LogP contribution in [0, 0.1) is 0 Å². The van der Waals surface area contributed by atoms with Gasteiger partial charge in [-0.05, 0) is 45.1 Å². The van der Waals surface area contributed by atoms with E-state index < -0.39 is 0 Å². The molecule has 0 aliphatic rings. The molecule has 0 N–H and O–H groups in total. The average molecular weight is 317 g/mol. The van der Waals surface area contributed by atoms with Crippen LogP contribution in [0.4, 0.5) is 4.39 Å². The molecule has 0 aromatic heterocycles. The summed E-state index contributed by atoms with van der Waals surface area (Å²) in [5.41, 5.74) is 1.17. The van der Waals surface area contributed by atoms with Crippen molar-refractivity contribution >= 4 is 6.08 Å². The quantitative estimate of drug-likeness (QED) is 0.369. The largest absolute Gasteiger partial charge is 0.213 e. The first kappa shape index (κ1) is 25.8. The molecule has 0 saturated carbocycles. The molecule has 0 aliphatic heterocycles. The zero-order valence-corrected chi connectivity index (χ0v) is 14.9. The van der Waals surface area contributed by atoms with Crippen molar-refractivity contribution in [1.82, 2.24) is 0 Å². The Morgan fingerprint density at radius 1 is 0.957 bits per heavy atom. The van der Waals surface area contributed by atoms with Crippen LogP contribution >= 0.6 is 0 Å². The number of rotatable bonds is 6. The van der Waals surface area contributed by atoms with E-state index in [2.05, 4.69) is 32.9 Å². The molecule has 1 aromatic rings. The van der Waals surface area contributed by atoms with Crippen LogP contribution in [0.3, 0.4) is 0 Å². The van der Waals surface area contributed by atoms with E-state index in [1.807, 2.05) is 55.5 Å². The molecule has 1 rings (SSSR count). The van der Waals surface area contributed by atoms with Gasteiger partial charge in [-0.3, -0.25) is 0 Å².